The van der Waals surface area contributed by atoms with Gasteiger partial charge in [-0.05, 0) is 56.3 Å². The highest BCUT2D eigenvalue weighted by Gasteiger charge is 2.14. The minimum Gasteiger partial charge on any atom is -0.372 e. The quantitative estimate of drug-likeness (QED) is 0.716. The van der Waals surface area contributed by atoms with Crippen LogP contribution in [-0.2, 0) is 0 Å². The second-order valence-corrected chi connectivity index (χ2v) is 5.52. The zero-order valence-electron chi connectivity index (χ0n) is 12.1. The minimum atomic E-state index is -0.0947. The fourth-order valence-electron chi connectivity index (χ4n) is 2.23. The van der Waals surface area contributed by atoms with Crippen LogP contribution in [0.5, 0.6) is 0 Å². The number of hydrogen-bond donors (Lipinski definition) is 0. The number of carbonyl (C=O) groups excluding carboxylic acids is 1. The maximum Gasteiger partial charge on any atom is 0.194 e. The van der Waals surface area contributed by atoms with Crippen LogP contribution in [0.15, 0.2) is 42.5 Å². The minimum absolute atomic E-state index is 0.0947. The van der Waals surface area contributed by atoms with Crippen LogP contribution in [-0.4, -0.2) is 18.9 Å². The van der Waals surface area contributed by atoms with Gasteiger partial charge in [0, 0.05) is 34.9 Å². The summed E-state index contributed by atoms with van der Waals surface area (Å²) in [5.41, 5.74) is 2.12. The predicted molar refractivity (Wildman–Crippen MR) is 89.9 cm³/mol. The lowest BCUT2D eigenvalue weighted by Crippen LogP contribution is -2.21. The summed E-state index contributed by atoms with van der Waals surface area (Å²) in [7, 11) is 0. The molecule has 21 heavy (non-hydrogen) atoms. The second-order valence-electron chi connectivity index (χ2n) is 4.67. The normalized spacial score (nSPS) is 10.5. The third-order valence-electron chi connectivity index (χ3n) is 3.43. The largest absolute Gasteiger partial charge is 0.372 e. The fraction of sp³-hybridized carbons (Fsp3) is 0.235. The molecular formula is C17H17Cl2NO. The summed E-state index contributed by atoms with van der Waals surface area (Å²) in [6.45, 7) is 5.98. The molecule has 0 spiro atoms. The smallest absolute Gasteiger partial charge is 0.194 e. The van der Waals surface area contributed by atoms with Gasteiger partial charge in [-0.2, -0.15) is 0 Å². The van der Waals surface area contributed by atoms with Crippen LogP contribution >= 0.6 is 23.2 Å². The van der Waals surface area contributed by atoms with Gasteiger partial charge >= 0.3 is 0 Å². The summed E-state index contributed by atoms with van der Waals surface area (Å²) in [5.74, 6) is -0.0947. The Balaban J connectivity index is 2.32. The summed E-state index contributed by atoms with van der Waals surface area (Å²) in [4.78, 5) is 14.6. The van der Waals surface area contributed by atoms with E-state index in [1.54, 1.807) is 30.3 Å². The average molecular weight is 322 g/mol. The summed E-state index contributed by atoms with van der Waals surface area (Å²) >= 11 is 12.1. The number of rotatable bonds is 5. The molecule has 110 valence electrons. The van der Waals surface area contributed by atoms with Gasteiger partial charge in [0.1, 0.15) is 0 Å². The van der Waals surface area contributed by atoms with Crippen molar-refractivity contribution in [3.63, 3.8) is 0 Å². The molecule has 0 fully saturated rings. The molecule has 0 saturated heterocycles. The summed E-state index contributed by atoms with van der Waals surface area (Å²) < 4.78 is 0. The van der Waals surface area contributed by atoms with Gasteiger partial charge in [-0.1, -0.05) is 23.2 Å². The molecule has 0 heterocycles. The Morgan fingerprint density at radius 2 is 1.62 bits per heavy atom. The van der Waals surface area contributed by atoms with E-state index in [2.05, 4.69) is 18.7 Å². The van der Waals surface area contributed by atoms with Crippen LogP contribution in [0.4, 0.5) is 5.69 Å². The zero-order valence-corrected chi connectivity index (χ0v) is 13.6. The van der Waals surface area contributed by atoms with Crippen molar-refractivity contribution >= 4 is 34.7 Å². The topological polar surface area (TPSA) is 20.3 Å². The van der Waals surface area contributed by atoms with Crippen molar-refractivity contribution in [3.8, 4) is 0 Å². The number of anilines is 1. The third kappa shape index (κ3) is 3.58. The molecule has 0 N–H and O–H groups in total. The van der Waals surface area contributed by atoms with Crippen molar-refractivity contribution in [1.29, 1.82) is 0 Å². The lowest BCUT2D eigenvalue weighted by Gasteiger charge is -2.21. The average Bonchev–Trinajstić information content (AvgIpc) is 2.49. The van der Waals surface area contributed by atoms with Gasteiger partial charge in [-0.15, -0.1) is 0 Å². The number of nitrogens with zero attached hydrogens (tertiary/aromatic N) is 1. The highest BCUT2D eigenvalue weighted by Crippen LogP contribution is 2.26. The highest BCUT2D eigenvalue weighted by atomic mass is 35.5. The molecule has 0 aliphatic rings. The van der Waals surface area contributed by atoms with Crippen molar-refractivity contribution in [2.24, 2.45) is 0 Å². The summed E-state index contributed by atoms with van der Waals surface area (Å²) in [6.07, 6.45) is 0. The van der Waals surface area contributed by atoms with Crippen LogP contribution in [0, 0.1) is 0 Å². The van der Waals surface area contributed by atoms with Crippen molar-refractivity contribution in [2.75, 3.05) is 18.0 Å². The molecule has 2 aromatic rings. The molecule has 4 heteroatoms. The second kappa shape index (κ2) is 6.97. The van der Waals surface area contributed by atoms with Gasteiger partial charge in [0.25, 0.3) is 0 Å². The van der Waals surface area contributed by atoms with Crippen LogP contribution in [0.2, 0.25) is 10.0 Å². The van der Waals surface area contributed by atoms with Gasteiger partial charge < -0.3 is 4.90 Å². The molecule has 0 saturated carbocycles. The number of carbonyl (C=O) groups is 1. The van der Waals surface area contributed by atoms with E-state index in [0.717, 1.165) is 18.8 Å². The van der Waals surface area contributed by atoms with E-state index in [4.69, 9.17) is 23.2 Å². The van der Waals surface area contributed by atoms with E-state index in [-0.39, 0.29) is 5.78 Å². The van der Waals surface area contributed by atoms with Gasteiger partial charge in [-0.3, -0.25) is 4.79 Å². The van der Waals surface area contributed by atoms with Gasteiger partial charge in [-0.25, -0.2) is 0 Å². The first-order valence-corrected chi connectivity index (χ1v) is 7.67. The van der Waals surface area contributed by atoms with E-state index >= 15 is 0 Å². The molecule has 0 aromatic heterocycles. The number of halogens is 2. The molecule has 0 aliphatic heterocycles. The van der Waals surface area contributed by atoms with Gasteiger partial charge in [0.2, 0.25) is 0 Å². The predicted octanol–water partition coefficient (Wildman–Crippen LogP) is 5.07. The van der Waals surface area contributed by atoms with Crippen LogP contribution in [0.25, 0.3) is 0 Å². The number of hydrogen-bond acceptors (Lipinski definition) is 2. The molecule has 2 aromatic carbocycles. The van der Waals surface area contributed by atoms with Gasteiger partial charge in [0.15, 0.2) is 5.78 Å². The van der Waals surface area contributed by atoms with E-state index in [9.17, 15) is 4.79 Å². The van der Waals surface area contributed by atoms with E-state index in [1.807, 2.05) is 12.1 Å². The maximum atomic E-state index is 12.5. The monoisotopic (exact) mass is 321 g/mol. The number of benzene rings is 2. The van der Waals surface area contributed by atoms with E-state index in [1.165, 1.54) is 0 Å². The van der Waals surface area contributed by atoms with Crippen LogP contribution in [0.1, 0.15) is 29.8 Å². The molecule has 0 radical (unpaired) electrons. The van der Waals surface area contributed by atoms with E-state index < -0.39 is 0 Å². The first kappa shape index (κ1) is 15.9. The Morgan fingerprint density at radius 3 is 2.14 bits per heavy atom. The van der Waals surface area contributed by atoms with Crippen LogP contribution in [0.3, 0.4) is 0 Å². The molecule has 2 nitrogen and oxygen atoms in total. The molecule has 2 rings (SSSR count). The molecule has 0 amide bonds. The standard InChI is InChI=1S/C17H17Cl2NO/c1-3-20(4-2)14-9-10-15(16(19)11-14)17(21)12-5-7-13(18)8-6-12/h5-11H,3-4H2,1-2H3. The van der Waals surface area contributed by atoms with Gasteiger partial charge in [0.05, 0.1) is 5.02 Å². The molecule has 0 unspecified atom stereocenters. The Labute approximate surface area is 135 Å². The Bertz CT molecular complexity index is 634. The first-order chi connectivity index (χ1) is 10.1. The van der Waals surface area contributed by atoms with Crippen molar-refractivity contribution in [2.45, 2.75) is 13.8 Å². The lowest BCUT2D eigenvalue weighted by molar-refractivity contribution is 0.103. The fourth-order valence-corrected chi connectivity index (χ4v) is 2.62. The third-order valence-corrected chi connectivity index (χ3v) is 4.00. The molecule has 0 atom stereocenters. The SMILES string of the molecule is CCN(CC)c1ccc(C(=O)c2ccc(Cl)cc2)c(Cl)c1. The Kier molecular flexibility index (Phi) is 5.27. The lowest BCUT2D eigenvalue weighted by atomic mass is 10.0. The van der Waals surface area contributed by atoms with E-state index in [0.29, 0.717) is 21.2 Å². The maximum absolute atomic E-state index is 12.5. The molecule has 0 bridgehead atoms. The number of ketones is 1. The highest BCUT2D eigenvalue weighted by molar-refractivity contribution is 6.35. The van der Waals surface area contributed by atoms with Crippen molar-refractivity contribution < 1.29 is 4.79 Å². The first-order valence-electron chi connectivity index (χ1n) is 6.91. The van der Waals surface area contributed by atoms with Crippen LogP contribution < -0.4 is 4.90 Å². The summed E-state index contributed by atoms with van der Waals surface area (Å²) in [5, 5.41) is 1.08. The van der Waals surface area contributed by atoms with Crippen molar-refractivity contribution in [1.82, 2.24) is 0 Å². The van der Waals surface area contributed by atoms with Crippen molar-refractivity contribution in [3.05, 3.63) is 63.6 Å². The molecule has 0 aliphatic carbocycles. The zero-order chi connectivity index (χ0) is 15.4. The summed E-state index contributed by atoms with van der Waals surface area (Å²) in [6, 6.07) is 12.4. The molecular weight excluding hydrogens is 305 g/mol. The Hall–Kier alpha value is -1.51. The Morgan fingerprint density at radius 1 is 1.00 bits per heavy atom.